The Bertz CT molecular complexity index is 4450. The molecule has 13 rings (SSSR count). The first kappa shape index (κ1) is 45.4. The van der Waals surface area contributed by atoms with E-state index in [0.717, 1.165) is 83.1 Å². The highest BCUT2D eigenvalue weighted by atomic mass is 19.4. The fourth-order valence-electron chi connectivity index (χ4n) is 10.4. The third kappa shape index (κ3) is 7.90. The second kappa shape index (κ2) is 18.3. The predicted molar refractivity (Wildman–Crippen MR) is 296 cm³/mol. The summed E-state index contributed by atoms with van der Waals surface area (Å²) < 4.78 is 49.7. The molecular weight excluding hydrogens is 948 g/mol. The first-order chi connectivity index (χ1) is 37.2. The highest BCUT2D eigenvalue weighted by molar-refractivity contribution is 6.13. The molecule has 3 aromatic heterocycles. The monoisotopic (exact) mass is 985 g/mol. The summed E-state index contributed by atoms with van der Waals surface area (Å²) in [4.78, 5) is 15.2. The number of hydrogen-bond acceptors (Lipinski definition) is 5. The summed E-state index contributed by atoms with van der Waals surface area (Å²) in [7, 11) is 0. The van der Waals surface area contributed by atoms with E-state index in [2.05, 4.69) is 53.1 Å². The number of para-hydroxylation sites is 2. The van der Waals surface area contributed by atoms with Crippen LogP contribution in [0.15, 0.2) is 231 Å². The molecule has 0 aliphatic carbocycles. The maximum absolute atomic E-state index is 15.2. The van der Waals surface area contributed by atoms with Crippen molar-refractivity contribution in [2.45, 2.75) is 6.18 Å². The van der Waals surface area contributed by atoms with Crippen molar-refractivity contribution in [1.82, 2.24) is 24.1 Å². The fraction of sp³-hybridized carbons (Fsp3) is 0.0152. The van der Waals surface area contributed by atoms with Crippen molar-refractivity contribution in [2.24, 2.45) is 0 Å². The van der Waals surface area contributed by atoms with E-state index in [1.165, 1.54) is 6.07 Å². The van der Waals surface area contributed by atoms with Crippen molar-refractivity contribution in [1.29, 1.82) is 10.5 Å². The lowest BCUT2D eigenvalue weighted by Gasteiger charge is -2.21. The van der Waals surface area contributed by atoms with Crippen LogP contribution in [0.3, 0.4) is 0 Å². The highest BCUT2D eigenvalue weighted by Gasteiger charge is 2.32. The third-order valence-corrected chi connectivity index (χ3v) is 14.1. The van der Waals surface area contributed by atoms with Gasteiger partial charge in [-0.05, 0) is 101 Å². The van der Waals surface area contributed by atoms with Gasteiger partial charge in [-0.25, -0.2) is 15.0 Å². The Morgan fingerprint density at radius 1 is 0.329 bits per heavy atom. The smallest absolute Gasteiger partial charge is 0.309 e. The van der Waals surface area contributed by atoms with Crippen molar-refractivity contribution < 1.29 is 13.2 Å². The van der Waals surface area contributed by atoms with Gasteiger partial charge >= 0.3 is 6.18 Å². The molecule has 76 heavy (non-hydrogen) atoms. The average Bonchev–Trinajstić information content (AvgIpc) is 4.06. The minimum atomic E-state index is -4.66. The minimum Gasteiger partial charge on any atom is -0.309 e. The van der Waals surface area contributed by atoms with Gasteiger partial charge in [0.2, 0.25) is 0 Å². The lowest BCUT2D eigenvalue weighted by atomic mass is 9.96. The quantitative estimate of drug-likeness (QED) is 0.151. The van der Waals surface area contributed by atoms with Gasteiger partial charge in [0, 0.05) is 49.4 Å². The molecule has 0 fully saturated rings. The van der Waals surface area contributed by atoms with Gasteiger partial charge in [0.15, 0.2) is 17.5 Å². The van der Waals surface area contributed by atoms with Gasteiger partial charge in [-0.15, -0.1) is 0 Å². The van der Waals surface area contributed by atoms with E-state index in [9.17, 15) is 10.5 Å². The molecule has 0 aliphatic heterocycles. The van der Waals surface area contributed by atoms with E-state index in [4.69, 9.17) is 15.0 Å². The van der Waals surface area contributed by atoms with Crippen LogP contribution in [0, 0.1) is 22.7 Å². The van der Waals surface area contributed by atoms with Crippen LogP contribution in [0.4, 0.5) is 13.2 Å². The molecule has 0 N–H and O–H groups in total. The first-order valence-electron chi connectivity index (χ1n) is 24.5. The molecule has 358 valence electrons. The number of alkyl halides is 3. The zero-order chi connectivity index (χ0) is 51.5. The van der Waals surface area contributed by atoms with Gasteiger partial charge in [-0.1, -0.05) is 152 Å². The van der Waals surface area contributed by atoms with Crippen molar-refractivity contribution in [3.8, 4) is 91.1 Å². The maximum atomic E-state index is 15.2. The molecule has 0 atom stereocenters. The van der Waals surface area contributed by atoms with Crippen molar-refractivity contribution in [3.05, 3.63) is 247 Å². The largest absolute Gasteiger partial charge is 0.416 e. The molecule has 13 aromatic rings. The third-order valence-electron chi connectivity index (χ3n) is 14.1. The van der Waals surface area contributed by atoms with Crippen LogP contribution in [0.25, 0.3) is 123 Å². The van der Waals surface area contributed by atoms with E-state index >= 15 is 13.2 Å². The summed E-state index contributed by atoms with van der Waals surface area (Å²) in [6.45, 7) is 0. The average molecular weight is 986 g/mol. The Morgan fingerprint density at radius 2 is 0.711 bits per heavy atom. The summed E-state index contributed by atoms with van der Waals surface area (Å²) in [5.74, 6) is 1.39. The summed E-state index contributed by atoms with van der Waals surface area (Å²) in [5.41, 5.74) is 11.7. The van der Waals surface area contributed by atoms with Crippen LogP contribution < -0.4 is 0 Å². The number of benzene rings is 10. The molecule has 0 amide bonds. The number of fused-ring (bicyclic) bond motifs is 6. The molecule has 0 saturated heterocycles. The molecule has 0 saturated carbocycles. The Morgan fingerprint density at radius 3 is 1.17 bits per heavy atom. The van der Waals surface area contributed by atoms with E-state index in [-0.39, 0.29) is 0 Å². The summed E-state index contributed by atoms with van der Waals surface area (Å²) in [6.07, 6.45) is -4.66. The number of aromatic nitrogens is 5. The van der Waals surface area contributed by atoms with Crippen molar-refractivity contribution in [3.63, 3.8) is 0 Å². The predicted octanol–water partition coefficient (Wildman–Crippen LogP) is 16.8. The zero-order valence-corrected chi connectivity index (χ0v) is 40.2. The van der Waals surface area contributed by atoms with Crippen LogP contribution in [-0.2, 0) is 6.18 Å². The number of nitriles is 2. The first-order valence-corrected chi connectivity index (χ1v) is 24.5. The standard InChI is InChI=1S/C66H38F3N7/c67-66(68,69)50-30-32-54(62(38-50)76-58-18-10-8-16-52(58)56-36-48(29-34-60(56)76)44-25-21-42(40-71)22-26-44)53-31-27-49(65-73-63(45-11-3-1-4-12-45)72-64(74-65)46-13-5-2-6-14-46)37-61(53)75-57-17-9-7-15-51(57)55-35-47(28-33-59(55)75)43-23-19-41(39-70)20-24-43/h1-38H. The molecule has 10 heteroatoms. The van der Waals surface area contributed by atoms with Crippen LogP contribution in [-0.4, -0.2) is 24.1 Å². The second-order valence-corrected chi connectivity index (χ2v) is 18.5. The molecule has 3 heterocycles. The van der Waals surface area contributed by atoms with Gasteiger partial charge in [0.25, 0.3) is 0 Å². The number of rotatable bonds is 8. The van der Waals surface area contributed by atoms with Crippen molar-refractivity contribution >= 4 is 43.6 Å². The fourth-order valence-corrected chi connectivity index (χ4v) is 10.4. The lowest BCUT2D eigenvalue weighted by Crippen LogP contribution is -2.08. The number of halogens is 3. The summed E-state index contributed by atoms with van der Waals surface area (Å²) in [6, 6.07) is 76.9. The maximum Gasteiger partial charge on any atom is 0.416 e. The number of hydrogen-bond donors (Lipinski definition) is 0. The summed E-state index contributed by atoms with van der Waals surface area (Å²) >= 11 is 0. The Balaban J connectivity index is 1.10. The van der Waals surface area contributed by atoms with Gasteiger partial charge in [-0.3, -0.25) is 0 Å². The minimum absolute atomic E-state index is 0.336. The normalized spacial score (nSPS) is 11.6. The SMILES string of the molecule is N#Cc1ccc(-c2ccc3c(c2)c2ccccc2n3-c2cc(-c3nc(-c4ccccc4)nc(-c4ccccc4)n3)ccc2-c2ccc(C(F)(F)F)cc2-n2c3ccccc3c3cc(-c4ccc(C#N)cc4)ccc32)cc1. The van der Waals surface area contributed by atoms with E-state index in [1.807, 2.05) is 156 Å². The molecule has 0 spiro atoms. The topological polar surface area (TPSA) is 96.1 Å². The van der Waals surface area contributed by atoms with Crippen LogP contribution in [0.1, 0.15) is 16.7 Å². The number of nitrogens with zero attached hydrogens (tertiary/aromatic N) is 7. The molecule has 0 radical (unpaired) electrons. The van der Waals surface area contributed by atoms with Gasteiger partial charge in [0.1, 0.15) is 0 Å². The van der Waals surface area contributed by atoms with Crippen LogP contribution in [0.5, 0.6) is 0 Å². The lowest BCUT2D eigenvalue weighted by molar-refractivity contribution is -0.137. The van der Waals surface area contributed by atoms with E-state index < -0.39 is 11.7 Å². The Kier molecular flexibility index (Phi) is 10.9. The zero-order valence-electron chi connectivity index (χ0n) is 40.2. The van der Waals surface area contributed by atoms with E-state index in [0.29, 0.717) is 56.7 Å². The van der Waals surface area contributed by atoms with E-state index in [1.54, 1.807) is 30.3 Å². The van der Waals surface area contributed by atoms with Gasteiger partial charge < -0.3 is 9.13 Å². The molecule has 7 nitrogen and oxygen atoms in total. The Hall–Kier alpha value is -10.4. The van der Waals surface area contributed by atoms with Gasteiger partial charge in [0.05, 0.1) is 62.3 Å². The Labute approximate surface area is 433 Å². The molecule has 0 aliphatic rings. The molecule has 0 unspecified atom stereocenters. The highest BCUT2D eigenvalue weighted by Crippen LogP contribution is 2.45. The molecule has 10 aromatic carbocycles. The summed E-state index contributed by atoms with van der Waals surface area (Å²) in [5, 5.41) is 22.7. The molecular formula is C66H38F3N7. The molecule has 0 bridgehead atoms. The van der Waals surface area contributed by atoms with Crippen LogP contribution >= 0.6 is 0 Å². The van der Waals surface area contributed by atoms with Gasteiger partial charge in [-0.2, -0.15) is 23.7 Å². The van der Waals surface area contributed by atoms with Crippen molar-refractivity contribution in [2.75, 3.05) is 0 Å². The second-order valence-electron chi connectivity index (χ2n) is 18.5. The van der Waals surface area contributed by atoms with Crippen LogP contribution in [0.2, 0.25) is 0 Å².